The van der Waals surface area contributed by atoms with E-state index >= 15 is 0 Å². The van der Waals surface area contributed by atoms with Crippen molar-refractivity contribution in [3.63, 3.8) is 0 Å². The summed E-state index contributed by atoms with van der Waals surface area (Å²) in [7, 11) is 3.33. The Hall–Kier alpha value is -8.47. The normalized spacial score (nSPS) is 10.6. The second-order valence-electron chi connectivity index (χ2n) is 14.4. The zero-order valence-electron chi connectivity index (χ0n) is 35.4. The number of aromatic nitrogens is 2. The van der Waals surface area contributed by atoms with Crippen molar-refractivity contribution < 1.29 is 43.0 Å². The summed E-state index contributed by atoms with van der Waals surface area (Å²) in [5.41, 5.74) is 4.93. The van der Waals surface area contributed by atoms with Crippen molar-refractivity contribution in [2.45, 2.75) is 26.7 Å². The first-order chi connectivity index (χ1) is 30.8. The summed E-state index contributed by atoms with van der Waals surface area (Å²) in [5.74, 6) is -2.46. The number of ether oxygens (including phenoxy) is 2. The van der Waals surface area contributed by atoms with Gasteiger partial charge in [-0.15, -0.1) is 0 Å². The Kier molecular flexibility index (Phi) is 14.7. The highest BCUT2D eigenvalue weighted by Gasteiger charge is 2.18. The standard InChI is InChI=1S/C47H46N8O9/c1-5-63-41(56)21-29-13-17-33(18-14-29)48-45(60)39-25-37(27-54(39)3)50-43(58)31-9-7-11-35(23-31)52-47(62)53-36-12-8-10-32(24-36)44(59)51-38-26-40(55(4)28-38)46(61)49-34-19-15-30(16-20-34)22-42(57)64-6-2/h7-20,23-28H,5-6,21-22H2,1-4H3,(H,48,60)(H,49,61)(H,50,58)(H,51,59)(H2,52,53,62). The molecule has 64 heavy (non-hydrogen) atoms. The van der Waals surface area contributed by atoms with Gasteiger partial charge < -0.3 is 50.5 Å². The highest BCUT2D eigenvalue weighted by molar-refractivity contribution is 6.09. The molecule has 6 N–H and O–H groups in total. The number of aryl methyl sites for hydroxylation is 2. The Morgan fingerprint density at radius 3 is 1.19 bits per heavy atom. The summed E-state index contributed by atoms with van der Waals surface area (Å²) < 4.78 is 13.1. The third kappa shape index (κ3) is 12.3. The van der Waals surface area contributed by atoms with E-state index in [4.69, 9.17) is 9.47 Å². The number of urea groups is 1. The number of benzene rings is 4. The van der Waals surface area contributed by atoms with Crippen LogP contribution in [0.3, 0.4) is 0 Å². The largest absolute Gasteiger partial charge is 0.466 e. The monoisotopic (exact) mass is 866 g/mol. The van der Waals surface area contributed by atoms with Gasteiger partial charge in [-0.05, 0) is 97.8 Å². The minimum absolute atomic E-state index is 0.122. The van der Waals surface area contributed by atoms with Crippen molar-refractivity contribution in [2.24, 2.45) is 14.1 Å². The molecule has 6 amide bonds. The van der Waals surface area contributed by atoms with Gasteiger partial charge in [-0.3, -0.25) is 28.8 Å². The number of hydrogen-bond acceptors (Lipinski definition) is 9. The number of anilines is 6. The van der Waals surface area contributed by atoms with Gasteiger partial charge >= 0.3 is 18.0 Å². The van der Waals surface area contributed by atoms with E-state index in [2.05, 4.69) is 31.9 Å². The zero-order chi connectivity index (χ0) is 45.8. The molecule has 17 heteroatoms. The number of amides is 6. The maximum absolute atomic E-state index is 13.2. The van der Waals surface area contributed by atoms with Gasteiger partial charge in [-0.2, -0.15) is 0 Å². The van der Waals surface area contributed by atoms with Gasteiger partial charge in [0.2, 0.25) is 0 Å². The van der Waals surface area contributed by atoms with Crippen LogP contribution in [0.25, 0.3) is 0 Å². The van der Waals surface area contributed by atoms with Crippen LogP contribution in [0, 0.1) is 0 Å². The highest BCUT2D eigenvalue weighted by atomic mass is 16.5. The second kappa shape index (κ2) is 20.9. The number of carbonyl (C=O) groups excluding carboxylic acids is 7. The number of hydrogen-bond donors (Lipinski definition) is 6. The first-order valence-electron chi connectivity index (χ1n) is 20.1. The summed E-state index contributed by atoms with van der Waals surface area (Å²) in [6.45, 7) is 4.07. The van der Waals surface area contributed by atoms with Gasteiger partial charge in [-0.1, -0.05) is 36.4 Å². The zero-order valence-corrected chi connectivity index (χ0v) is 35.4. The van der Waals surface area contributed by atoms with Crippen molar-refractivity contribution in [3.8, 4) is 0 Å². The molecule has 0 saturated heterocycles. The molecular weight excluding hydrogens is 821 g/mol. The molecular formula is C47H46N8O9. The lowest BCUT2D eigenvalue weighted by Crippen LogP contribution is -2.20. The molecule has 0 aliphatic rings. The molecule has 4 aromatic carbocycles. The van der Waals surface area contributed by atoms with Crippen LogP contribution in [0.1, 0.15) is 66.7 Å². The molecule has 2 aromatic heterocycles. The van der Waals surface area contributed by atoms with Crippen molar-refractivity contribution in [2.75, 3.05) is 45.1 Å². The number of rotatable bonds is 16. The maximum Gasteiger partial charge on any atom is 0.323 e. The Morgan fingerprint density at radius 2 is 0.812 bits per heavy atom. The molecule has 6 aromatic rings. The second-order valence-corrected chi connectivity index (χ2v) is 14.4. The number of nitrogens with one attached hydrogen (secondary N) is 6. The first kappa shape index (κ1) is 45.1. The van der Waals surface area contributed by atoms with Crippen molar-refractivity contribution in [1.29, 1.82) is 0 Å². The van der Waals surface area contributed by atoms with E-state index < -0.39 is 29.7 Å². The lowest BCUT2D eigenvalue weighted by atomic mass is 10.1. The Morgan fingerprint density at radius 1 is 0.438 bits per heavy atom. The lowest BCUT2D eigenvalue weighted by Gasteiger charge is -2.10. The maximum atomic E-state index is 13.2. The van der Waals surface area contributed by atoms with Crippen LogP contribution in [0.15, 0.2) is 122 Å². The third-order valence-electron chi connectivity index (χ3n) is 9.49. The molecule has 0 aliphatic heterocycles. The molecule has 6 rings (SSSR count). The SMILES string of the molecule is CCOC(=O)Cc1ccc(NC(=O)c2cc(NC(=O)c3cccc(NC(=O)Nc4cccc(C(=O)Nc5cc(C(=O)Nc6ccc(CC(=O)OCC)cc6)n(C)c5)c4)c3)cn2C)cc1. The van der Waals surface area contributed by atoms with Crippen LogP contribution >= 0.6 is 0 Å². The Balaban J connectivity index is 0.994. The summed E-state index contributed by atoms with van der Waals surface area (Å²) in [5, 5.41) is 16.5. The topological polar surface area (TPSA) is 220 Å². The minimum atomic E-state index is -0.630. The molecule has 0 bridgehead atoms. The smallest absolute Gasteiger partial charge is 0.323 e. The molecule has 2 heterocycles. The molecule has 0 saturated carbocycles. The average molecular weight is 867 g/mol. The van der Waals surface area contributed by atoms with Crippen LogP contribution in [-0.4, -0.2) is 63.9 Å². The highest BCUT2D eigenvalue weighted by Crippen LogP contribution is 2.21. The molecule has 17 nitrogen and oxygen atoms in total. The third-order valence-corrected chi connectivity index (χ3v) is 9.49. The van der Waals surface area contributed by atoms with E-state index in [9.17, 15) is 33.6 Å². The fraction of sp³-hybridized carbons (Fsp3) is 0.170. The van der Waals surface area contributed by atoms with Crippen LogP contribution in [0.2, 0.25) is 0 Å². The quantitative estimate of drug-likeness (QED) is 0.0540. The van der Waals surface area contributed by atoms with E-state index in [1.54, 1.807) is 134 Å². The molecule has 0 atom stereocenters. The lowest BCUT2D eigenvalue weighted by molar-refractivity contribution is -0.143. The van der Waals surface area contributed by atoms with E-state index in [1.165, 1.54) is 24.3 Å². The summed E-state index contributed by atoms with van der Waals surface area (Å²) in [6.07, 6.45) is 3.43. The van der Waals surface area contributed by atoms with Gasteiger partial charge in [0.15, 0.2) is 0 Å². The molecule has 0 aliphatic carbocycles. The number of carbonyl (C=O) groups is 7. The van der Waals surface area contributed by atoms with Crippen LogP contribution in [0.5, 0.6) is 0 Å². The number of esters is 2. The Labute approximate surface area is 368 Å². The van der Waals surface area contributed by atoms with E-state index in [0.717, 1.165) is 11.1 Å². The molecule has 0 radical (unpaired) electrons. The number of nitrogens with zero attached hydrogens (tertiary/aromatic N) is 2. The summed E-state index contributed by atoms with van der Waals surface area (Å²) >= 11 is 0. The van der Waals surface area contributed by atoms with E-state index in [1.807, 2.05) is 0 Å². The van der Waals surface area contributed by atoms with Crippen LogP contribution in [0.4, 0.5) is 38.9 Å². The molecule has 328 valence electrons. The van der Waals surface area contributed by atoms with Crippen molar-refractivity contribution in [1.82, 2.24) is 9.13 Å². The van der Waals surface area contributed by atoms with Gasteiger partial charge in [0.05, 0.1) is 37.4 Å². The molecule has 0 unspecified atom stereocenters. The van der Waals surface area contributed by atoms with Crippen molar-refractivity contribution >= 4 is 75.7 Å². The fourth-order valence-corrected chi connectivity index (χ4v) is 6.45. The fourth-order valence-electron chi connectivity index (χ4n) is 6.45. The molecule has 0 fully saturated rings. The van der Waals surface area contributed by atoms with Gasteiger partial charge in [-0.25, -0.2) is 4.79 Å². The van der Waals surface area contributed by atoms with Crippen LogP contribution < -0.4 is 31.9 Å². The first-order valence-corrected chi connectivity index (χ1v) is 20.1. The minimum Gasteiger partial charge on any atom is -0.466 e. The predicted octanol–water partition coefficient (Wildman–Crippen LogP) is 7.23. The van der Waals surface area contributed by atoms with Crippen LogP contribution in [-0.2, 0) is 46.0 Å². The van der Waals surface area contributed by atoms with Gasteiger partial charge in [0, 0.05) is 60.4 Å². The molecule has 0 spiro atoms. The summed E-state index contributed by atoms with van der Waals surface area (Å²) in [6, 6.07) is 28.6. The van der Waals surface area contributed by atoms with Crippen molar-refractivity contribution in [3.05, 3.63) is 155 Å². The predicted molar refractivity (Wildman–Crippen MR) is 242 cm³/mol. The van der Waals surface area contributed by atoms with E-state index in [-0.39, 0.29) is 47.3 Å². The average Bonchev–Trinajstić information content (AvgIpc) is 3.82. The van der Waals surface area contributed by atoms with E-state index in [0.29, 0.717) is 47.3 Å². The summed E-state index contributed by atoms with van der Waals surface area (Å²) in [4.78, 5) is 89.1. The van der Waals surface area contributed by atoms with Gasteiger partial charge in [0.25, 0.3) is 23.6 Å². The Bertz CT molecular complexity index is 2520. The van der Waals surface area contributed by atoms with Gasteiger partial charge in [0.1, 0.15) is 11.4 Å².